The molecule has 0 amide bonds. The van der Waals surface area contributed by atoms with Gasteiger partial charge in [-0.25, -0.2) is 9.98 Å². The Morgan fingerprint density at radius 3 is 1.21 bits per heavy atom. The summed E-state index contributed by atoms with van der Waals surface area (Å²) in [5.41, 5.74) is 5.44. The van der Waals surface area contributed by atoms with E-state index in [1.54, 1.807) is 14.2 Å². The second-order valence-electron chi connectivity index (χ2n) is 7.19. The fourth-order valence-electron chi connectivity index (χ4n) is 3.26. The summed E-state index contributed by atoms with van der Waals surface area (Å²) in [6, 6.07) is 35.4. The van der Waals surface area contributed by atoms with Crippen molar-refractivity contribution in [3.8, 4) is 0 Å². The van der Waals surface area contributed by atoms with E-state index in [1.165, 1.54) is 0 Å². The molecule has 0 unspecified atom stereocenters. The largest absolute Gasteiger partial charge is 0.481 e. The maximum atomic E-state index is 5.46. The minimum Gasteiger partial charge on any atom is -0.481 e. The van der Waals surface area contributed by atoms with Crippen molar-refractivity contribution in [3.05, 3.63) is 120 Å². The second-order valence-corrected chi connectivity index (χ2v) is 7.19. The molecular weight excluding hydrogens is 410 g/mol. The normalized spacial score (nSPS) is 11.7. The highest BCUT2D eigenvalue weighted by atomic mass is 16.5. The van der Waals surface area contributed by atoms with Gasteiger partial charge < -0.3 is 14.8 Å². The quantitative estimate of drug-likeness (QED) is 0.265. The van der Waals surface area contributed by atoms with Crippen LogP contribution in [0, 0.1) is 0 Å². The SMILES string of the molecule is COC(=Nc1ccc(Nc2ccc(N=C(OC)c3ccccc3)cc2)cc1)c1ccccc1. The topological polar surface area (TPSA) is 55.2 Å². The van der Waals surface area contributed by atoms with Gasteiger partial charge in [0.2, 0.25) is 11.8 Å². The second kappa shape index (κ2) is 10.8. The van der Waals surface area contributed by atoms with E-state index in [-0.39, 0.29) is 0 Å². The van der Waals surface area contributed by atoms with Crippen LogP contribution in [-0.4, -0.2) is 26.0 Å². The first kappa shape index (κ1) is 21.8. The highest BCUT2D eigenvalue weighted by molar-refractivity contribution is 5.96. The predicted molar refractivity (Wildman–Crippen MR) is 135 cm³/mol. The van der Waals surface area contributed by atoms with Crippen LogP contribution in [-0.2, 0) is 9.47 Å². The first-order chi connectivity index (χ1) is 16.2. The molecule has 4 rings (SSSR count). The molecule has 0 aromatic heterocycles. The lowest BCUT2D eigenvalue weighted by Gasteiger charge is -2.09. The Bertz CT molecular complexity index is 1120. The number of hydrogen-bond donors (Lipinski definition) is 1. The standard InChI is InChI=1S/C28H25N3O2/c1-32-27(21-9-5-3-6-10-21)30-25-17-13-23(14-18-25)29-24-15-19-26(20-16-24)31-28(33-2)22-11-7-4-8-12-22/h3-20,29H,1-2H3. The third kappa shape index (κ3) is 5.86. The zero-order chi connectivity index (χ0) is 22.9. The average Bonchev–Trinajstić information content (AvgIpc) is 2.89. The van der Waals surface area contributed by atoms with Crippen molar-refractivity contribution in [3.63, 3.8) is 0 Å². The van der Waals surface area contributed by atoms with Crippen LogP contribution in [0.1, 0.15) is 11.1 Å². The van der Waals surface area contributed by atoms with Crippen LogP contribution in [0.5, 0.6) is 0 Å². The zero-order valence-corrected chi connectivity index (χ0v) is 18.6. The van der Waals surface area contributed by atoms with Crippen LogP contribution < -0.4 is 5.32 Å². The van der Waals surface area contributed by atoms with Crippen molar-refractivity contribution in [1.82, 2.24) is 0 Å². The third-order valence-electron chi connectivity index (χ3n) is 4.91. The Labute approximate surface area is 194 Å². The highest BCUT2D eigenvalue weighted by Crippen LogP contribution is 2.24. The van der Waals surface area contributed by atoms with Crippen molar-refractivity contribution in [1.29, 1.82) is 0 Å². The number of nitrogens with one attached hydrogen (secondary N) is 1. The van der Waals surface area contributed by atoms with Crippen LogP contribution in [0.25, 0.3) is 0 Å². The fourth-order valence-corrected chi connectivity index (χ4v) is 3.26. The third-order valence-corrected chi connectivity index (χ3v) is 4.91. The Morgan fingerprint density at radius 1 is 0.515 bits per heavy atom. The first-order valence-corrected chi connectivity index (χ1v) is 10.6. The molecule has 0 heterocycles. The molecule has 5 nitrogen and oxygen atoms in total. The maximum absolute atomic E-state index is 5.46. The molecule has 0 radical (unpaired) electrons. The molecule has 4 aromatic carbocycles. The van der Waals surface area contributed by atoms with E-state index >= 15 is 0 Å². The molecular formula is C28H25N3O2. The van der Waals surface area contributed by atoms with E-state index in [0.29, 0.717) is 11.8 Å². The van der Waals surface area contributed by atoms with Gasteiger partial charge in [-0.15, -0.1) is 0 Å². The lowest BCUT2D eigenvalue weighted by atomic mass is 10.2. The number of anilines is 2. The molecule has 0 saturated heterocycles. The molecule has 0 spiro atoms. The summed E-state index contributed by atoms with van der Waals surface area (Å²) in [6.07, 6.45) is 0. The molecule has 0 aliphatic rings. The van der Waals surface area contributed by atoms with E-state index in [4.69, 9.17) is 9.47 Å². The van der Waals surface area contributed by atoms with Crippen molar-refractivity contribution >= 4 is 34.5 Å². The summed E-state index contributed by atoms with van der Waals surface area (Å²) in [7, 11) is 3.26. The Morgan fingerprint density at radius 2 is 0.879 bits per heavy atom. The van der Waals surface area contributed by atoms with Crippen molar-refractivity contribution in [2.24, 2.45) is 9.98 Å². The lowest BCUT2D eigenvalue weighted by Crippen LogP contribution is -2.02. The van der Waals surface area contributed by atoms with Gasteiger partial charge in [0.1, 0.15) is 0 Å². The van der Waals surface area contributed by atoms with Crippen molar-refractivity contribution < 1.29 is 9.47 Å². The molecule has 0 bridgehead atoms. The zero-order valence-electron chi connectivity index (χ0n) is 18.6. The van der Waals surface area contributed by atoms with Crippen LogP contribution in [0.4, 0.5) is 22.7 Å². The summed E-state index contributed by atoms with van der Waals surface area (Å²) >= 11 is 0. The van der Waals surface area contributed by atoms with Crippen molar-refractivity contribution in [2.45, 2.75) is 0 Å². The summed E-state index contributed by atoms with van der Waals surface area (Å²) in [4.78, 5) is 9.22. The average molecular weight is 436 g/mol. The van der Waals surface area contributed by atoms with Gasteiger partial charge in [-0.3, -0.25) is 0 Å². The van der Waals surface area contributed by atoms with Crippen LogP contribution in [0.15, 0.2) is 119 Å². The van der Waals surface area contributed by atoms with Crippen LogP contribution in [0.2, 0.25) is 0 Å². The molecule has 0 saturated carbocycles. The monoisotopic (exact) mass is 435 g/mol. The van der Waals surface area contributed by atoms with E-state index in [9.17, 15) is 0 Å². The predicted octanol–water partition coefficient (Wildman–Crippen LogP) is 6.88. The minimum absolute atomic E-state index is 0.582. The molecule has 0 atom stereocenters. The number of methoxy groups -OCH3 is 2. The van der Waals surface area contributed by atoms with E-state index in [1.807, 2.05) is 109 Å². The lowest BCUT2D eigenvalue weighted by molar-refractivity contribution is 0.405. The van der Waals surface area contributed by atoms with Gasteiger partial charge >= 0.3 is 0 Å². The molecule has 33 heavy (non-hydrogen) atoms. The van der Waals surface area contributed by atoms with E-state index in [0.717, 1.165) is 33.9 Å². The molecule has 5 heteroatoms. The molecule has 1 N–H and O–H groups in total. The summed E-state index contributed by atoms with van der Waals surface area (Å²) < 4.78 is 10.9. The Hall–Kier alpha value is -4.38. The molecule has 0 aliphatic heterocycles. The number of hydrogen-bond acceptors (Lipinski definition) is 5. The summed E-state index contributed by atoms with van der Waals surface area (Å²) in [5, 5.41) is 3.40. The number of benzene rings is 4. The molecule has 0 aliphatic carbocycles. The van der Waals surface area contributed by atoms with Crippen LogP contribution >= 0.6 is 0 Å². The van der Waals surface area contributed by atoms with Gasteiger partial charge in [0.05, 0.1) is 25.6 Å². The van der Waals surface area contributed by atoms with Crippen molar-refractivity contribution in [2.75, 3.05) is 19.5 Å². The van der Waals surface area contributed by atoms with Gasteiger partial charge in [0.25, 0.3) is 0 Å². The van der Waals surface area contributed by atoms with Gasteiger partial charge in [0.15, 0.2) is 0 Å². The fraction of sp³-hybridized carbons (Fsp3) is 0.0714. The number of aliphatic imine (C=N–C) groups is 2. The van der Waals surface area contributed by atoms with Gasteiger partial charge in [0, 0.05) is 22.5 Å². The number of rotatable bonds is 6. The summed E-state index contributed by atoms with van der Waals surface area (Å²) in [6.45, 7) is 0. The molecule has 0 fully saturated rings. The number of nitrogens with zero attached hydrogens (tertiary/aromatic N) is 2. The highest BCUT2D eigenvalue weighted by Gasteiger charge is 2.05. The molecule has 4 aromatic rings. The van der Waals surface area contributed by atoms with Gasteiger partial charge in [-0.1, -0.05) is 36.4 Å². The van der Waals surface area contributed by atoms with Crippen LogP contribution in [0.3, 0.4) is 0 Å². The van der Waals surface area contributed by atoms with E-state index < -0.39 is 0 Å². The van der Waals surface area contributed by atoms with Gasteiger partial charge in [-0.2, -0.15) is 0 Å². The molecule has 164 valence electrons. The van der Waals surface area contributed by atoms with E-state index in [2.05, 4.69) is 15.3 Å². The van der Waals surface area contributed by atoms with Gasteiger partial charge in [-0.05, 0) is 72.8 Å². The smallest absolute Gasteiger partial charge is 0.220 e. The Kier molecular flexibility index (Phi) is 7.13. The Balaban J connectivity index is 1.44. The first-order valence-electron chi connectivity index (χ1n) is 10.6. The maximum Gasteiger partial charge on any atom is 0.220 e. The summed E-state index contributed by atoms with van der Waals surface area (Å²) in [5.74, 6) is 1.16. The number of ether oxygens (including phenoxy) is 2. The minimum atomic E-state index is 0.582.